The molecule has 10 heteroatoms. The largest absolute Gasteiger partial charge is 0.495 e. The summed E-state index contributed by atoms with van der Waals surface area (Å²) in [5.41, 5.74) is 1.80. The summed E-state index contributed by atoms with van der Waals surface area (Å²) in [6.07, 6.45) is 0. The first-order valence-corrected chi connectivity index (χ1v) is 12.4. The van der Waals surface area contributed by atoms with Crippen LogP contribution in [0.5, 0.6) is 5.75 Å². The second kappa shape index (κ2) is 9.21. The Morgan fingerprint density at radius 1 is 0.875 bits per heavy atom. The SMILES string of the molecule is COc1ccc(C)cc1S(=O)(=O)N1CCN(c2nc(C)cc(N3CCN(C)CC3)n2)CC1. The molecule has 0 amide bonds. The molecule has 0 radical (unpaired) electrons. The molecule has 0 saturated carbocycles. The van der Waals surface area contributed by atoms with E-state index in [0.717, 1.165) is 43.3 Å². The van der Waals surface area contributed by atoms with Crippen molar-refractivity contribution in [2.24, 2.45) is 0 Å². The van der Waals surface area contributed by atoms with Crippen molar-refractivity contribution in [1.29, 1.82) is 0 Å². The molecule has 0 spiro atoms. The van der Waals surface area contributed by atoms with Gasteiger partial charge < -0.3 is 19.4 Å². The maximum atomic E-state index is 13.3. The van der Waals surface area contributed by atoms with E-state index >= 15 is 0 Å². The molecular formula is C22H32N6O3S. The van der Waals surface area contributed by atoms with Gasteiger partial charge in [-0.1, -0.05) is 6.07 Å². The van der Waals surface area contributed by atoms with Crippen LogP contribution in [0, 0.1) is 13.8 Å². The predicted octanol–water partition coefficient (Wildman–Crippen LogP) is 1.36. The minimum atomic E-state index is -3.64. The fraction of sp³-hybridized carbons (Fsp3) is 0.545. The van der Waals surface area contributed by atoms with Gasteiger partial charge in [0.2, 0.25) is 16.0 Å². The van der Waals surface area contributed by atoms with Gasteiger partial charge in [-0.25, -0.2) is 13.4 Å². The highest BCUT2D eigenvalue weighted by molar-refractivity contribution is 7.89. The highest BCUT2D eigenvalue weighted by atomic mass is 32.2. The summed E-state index contributed by atoms with van der Waals surface area (Å²) >= 11 is 0. The topological polar surface area (TPSA) is 82.1 Å². The number of aromatic nitrogens is 2. The molecule has 3 heterocycles. The number of ether oxygens (including phenoxy) is 1. The highest BCUT2D eigenvalue weighted by Gasteiger charge is 2.32. The van der Waals surface area contributed by atoms with Gasteiger partial charge in [0.1, 0.15) is 16.5 Å². The number of hydrogen-bond acceptors (Lipinski definition) is 8. The third kappa shape index (κ3) is 4.67. The van der Waals surface area contributed by atoms with Crippen LogP contribution in [0.1, 0.15) is 11.3 Å². The number of anilines is 2. The minimum Gasteiger partial charge on any atom is -0.495 e. The van der Waals surface area contributed by atoms with Crippen LogP contribution >= 0.6 is 0 Å². The second-order valence-electron chi connectivity index (χ2n) is 8.50. The molecule has 2 fully saturated rings. The van der Waals surface area contributed by atoms with Gasteiger partial charge in [-0.2, -0.15) is 9.29 Å². The molecule has 174 valence electrons. The molecule has 4 rings (SSSR count). The van der Waals surface area contributed by atoms with Crippen molar-refractivity contribution in [2.75, 3.05) is 76.3 Å². The first-order valence-electron chi connectivity index (χ1n) is 11.0. The standard InChI is InChI=1S/C22H32N6O3S/c1-17-5-6-19(31-4)20(15-17)32(29,30)28-13-11-27(12-14-28)22-23-18(2)16-21(24-22)26-9-7-25(3)8-10-26/h5-6,15-16H,7-14H2,1-4H3. The first-order chi connectivity index (χ1) is 15.3. The molecule has 2 aliphatic heterocycles. The number of rotatable bonds is 5. The van der Waals surface area contributed by atoms with Gasteiger partial charge in [0.25, 0.3) is 0 Å². The van der Waals surface area contributed by atoms with E-state index in [4.69, 9.17) is 9.72 Å². The van der Waals surface area contributed by atoms with E-state index in [2.05, 4.69) is 26.7 Å². The molecule has 2 saturated heterocycles. The lowest BCUT2D eigenvalue weighted by Gasteiger charge is -2.36. The second-order valence-corrected chi connectivity index (χ2v) is 10.4. The Morgan fingerprint density at radius 3 is 2.19 bits per heavy atom. The number of piperazine rings is 2. The average Bonchev–Trinajstić information content (AvgIpc) is 2.79. The van der Waals surface area contributed by atoms with Gasteiger partial charge in [0.15, 0.2) is 0 Å². The predicted molar refractivity (Wildman–Crippen MR) is 125 cm³/mol. The number of methoxy groups -OCH3 is 1. The van der Waals surface area contributed by atoms with Crippen LogP contribution in [-0.4, -0.2) is 94.1 Å². The summed E-state index contributed by atoms with van der Waals surface area (Å²) in [5, 5.41) is 0. The molecule has 32 heavy (non-hydrogen) atoms. The maximum absolute atomic E-state index is 13.3. The Labute approximate surface area is 190 Å². The van der Waals surface area contributed by atoms with Crippen LogP contribution in [-0.2, 0) is 10.0 Å². The quantitative estimate of drug-likeness (QED) is 0.662. The Hall–Kier alpha value is -2.43. The van der Waals surface area contributed by atoms with Crippen LogP contribution in [0.15, 0.2) is 29.2 Å². The monoisotopic (exact) mass is 460 g/mol. The zero-order chi connectivity index (χ0) is 22.9. The van der Waals surface area contributed by atoms with Crippen molar-refractivity contribution < 1.29 is 13.2 Å². The summed E-state index contributed by atoms with van der Waals surface area (Å²) in [6, 6.07) is 7.26. The molecule has 1 aromatic heterocycles. The summed E-state index contributed by atoms with van der Waals surface area (Å²) in [5.74, 6) is 1.99. The van der Waals surface area contributed by atoms with Crippen molar-refractivity contribution in [3.05, 3.63) is 35.5 Å². The molecule has 0 aliphatic carbocycles. The van der Waals surface area contributed by atoms with Gasteiger partial charge >= 0.3 is 0 Å². The Balaban J connectivity index is 1.49. The highest BCUT2D eigenvalue weighted by Crippen LogP contribution is 2.29. The van der Waals surface area contributed by atoms with E-state index in [1.807, 2.05) is 26.0 Å². The van der Waals surface area contributed by atoms with Gasteiger partial charge in [-0.05, 0) is 38.6 Å². The van der Waals surface area contributed by atoms with E-state index in [9.17, 15) is 8.42 Å². The molecular weight excluding hydrogens is 428 g/mol. The molecule has 0 unspecified atom stereocenters. The fourth-order valence-electron chi connectivity index (χ4n) is 4.13. The van der Waals surface area contributed by atoms with Gasteiger partial charge in [0.05, 0.1) is 7.11 Å². The maximum Gasteiger partial charge on any atom is 0.246 e. The normalized spacial score (nSPS) is 18.8. The van der Waals surface area contributed by atoms with Crippen LogP contribution in [0.3, 0.4) is 0 Å². The van der Waals surface area contributed by atoms with Crippen molar-refractivity contribution >= 4 is 21.8 Å². The Bertz CT molecular complexity index is 1060. The van der Waals surface area contributed by atoms with Crippen LogP contribution in [0.2, 0.25) is 0 Å². The Kier molecular flexibility index (Phi) is 6.55. The summed E-state index contributed by atoms with van der Waals surface area (Å²) < 4.78 is 33.4. The summed E-state index contributed by atoms with van der Waals surface area (Å²) in [4.78, 5) is 16.4. The number of benzene rings is 1. The van der Waals surface area contributed by atoms with Gasteiger partial charge in [-0.3, -0.25) is 0 Å². The number of sulfonamides is 1. The van der Waals surface area contributed by atoms with Crippen molar-refractivity contribution in [3.63, 3.8) is 0 Å². The van der Waals surface area contributed by atoms with Crippen LogP contribution < -0.4 is 14.5 Å². The van der Waals surface area contributed by atoms with Crippen LogP contribution in [0.4, 0.5) is 11.8 Å². The first kappa shape index (κ1) is 22.8. The third-order valence-corrected chi connectivity index (χ3v) is 8.03. The molecule has 0 atom stereocenters. The number of nitrogens with zero attached hydrogens (tertiary/aromatic N) is 6. The molecule has 9 nitrogen and oxygen atoms in total. The lowest BCUT2D eigenvalue weighted by atomic mass is 10.2. The van der Waals surface area contributed by atoms with Crippen molar-refractivity contribution in [2.45, 2.75) is 18.7 Å². The summed E-state index contributed by atoms with van der Waals surface area (Å²) in [7, 11) is -0.0161. The molecule has 2 aliphatic rings. The van der Waals surface area contributed by atoms with E-state index in [1.54, 1.807) is 12.1 Å². The van der Waals surface area contributed by atoms with Gasteiger partial charge in [-0.15, -0.1) is 0 Å². The number of hydrogen-bond donors (Lipinski definition) is 0. The molecule has 0 bridgehead atoms. The van der Waals surface area contributed by atoms with E-state index in [0.29, 0.717) is 37.9 Å². The molecule has 1 aromatic carbocycles. The average molecular weight is 461 g/mol. The zero-order valence-electron chi connectivity index (χ0n) is 19.3. The minimum absolute atomic E-state index is 0.220. The zero-order valence-corrected chi connectivity index (χ0v) is 20.1. The van der Waals surface area contributed by atoms with Crippen LogP contribution in [0.25, 0.3) is 0 Å². The van der Waals surface area contributed by atoms with Crippen molar-refractivity contribution in [3.8, 4) is 5.75 Å². The van der Waals surface area contributed by atoms with E-state index < -0.39 is 10.0 Å². The lowest BCUT2D eigenvalue weighted by molar-refractivity contribution is 0.312. The van der Waals surface area contributed by atoms with Gasteiger partial charge in [0, 0.05) is 64.1 Å². The Morgan fingerprint density at radius 2 is 1.53 bits per heavy atom. The van der Waals surface area contributed by atoms with Crippen molar-refractivity contribution in [1.82, 2.24) is 19.2 Å². The lowest BCUT2D eigenvalue weighted by Crippen LogP contribution is -2.49. The fourth-order valence-corrected chi connectivity index (χ4v) is 5.79. The number of aryl methyl sites for hydroxylation is 2. The van der Waals surface area contributed by atoms with E-state index in [1.165, 1.54) is 11.4 Å². The third-order valence-electron chi connectivity index (χ3n) is 6.11. The molecule has 2 aromatic rings. The number of likely N-dealkylation sites (N-methyl/N-ethyl adjacent to an activating group) is 1. The molecule has 0 N–H and O–H groups in total. The summed E-state index contributed by atoms with van der Waals surface area (Å²) in [6.45, 7) is 9.60. The van der Waals surface area contributed by atoms with E-state index in [-0.39, 0.29) is 4.90 Å². The smallest absolute Gasteiger partial charge is 0.246 e.